The van der Waals surface area contributed by atoms with Gasteiger partial charge in [0.2, 0.25) is 0 Å². The predicted molar refractivity (Wildman–Crippen MR) is 66.7 cm³/mol. The summed E-state index contributed by atoms with van der Waals surface area (Å²) in [6, 6.07) is 4.71. The summed E-state index contributed by atoms with van der Waals surface area (Å²) >= 11 is 5.90. The maximum absolute atomic E-state index is 13.3. The van der Waals surface area contributed by atoms with Gasteiger partial charge in [-0.15, -0.1) is 0 Å². The van der Waals surface area contributed by atoms with Crippen molar-refractivity contribution in [3.8, 4) is 0 Å². The van der Waals surface area contributed by atoms with Crippen molar-refractivity contribution < 1.29 is 9.13 Å². The van der Waals surface area contributed by atoms with Crippen LogP contribution >= 0.6 is 11.6 Å². The fourth-order valence-corrected chi connectivity index (χ4v) is 2.40. The molecule has 2 rings (SSSR count). The van der Waals surface area contributed by atoms with E-state index in [0.717, 1.165) is 31.4 Å². The molecule has 2 N–H and O–H groups in total. The largest absolute Gasteiger partial charge is 0.377 e. The average molecular weight is 258 g/mol. The Hall–Kier alpha value is -0.640. The molecule has 0 bridgehead atoms. The lowest BCUT2D eigenvalue weighted by Crippen LogP contribution is -2.40. The highest BCUT2D eigenvalue weighted by atomic mass is 35.5. The number of nitrogens with two attached hydrogens (primary N) is 1. The van der Waals surface area contributed by atoms with Gasteiger partial charge in [0.1, 0.15) is 5.82 Å². The van der Waals surface area contributed by atoms with Crippen LogP contribution in [0.3, 0.4) is 0 Å². The third kappa shape index (κ3) is 3.18. The monoisotopic (exact) mass is 257 g/mol. The van der Waals surface area contributed by atoms with Gasteiger partial charge in [0, 0.05) is 12.6 Å². The molecule has 0 radical (unpaired) electrons. The van der Waals surface area contributed by atoms with E-state index in [1.807, 2.05) is 6.07 Å². The van der Waals surface area contributed by atoms with Gasteiger partial charge in [0.25, 0.3) is 0 Å². The number of benzene rings is 1. The van der Waals surface area contributed by atoms with E-state index in [-0.39, 0.29) is 23.0 Å². The maximum Gasteiger partial charge on any atom is 0.142 e. The Labute approximate surface area is 106 Å². The Kier molecular flexibility index (Phi) is 4.37. The van der Waals surface area contributed by atoms with Crippen molar-refractivity contribution in [3.05, 3.63) is 34.6 Å². The maximum atomic E-state index is 13.3. The van der Waals surface area contributed by atoms with Crippen LogP contribution in [0.4, 0.5) is 4.39 Å². The second-order valence-electron chi connectivity index (χ2n) is 4.49. The van der Waals surface area contributed by atoms with Crippen LogP contribution in [-0.4, -0.2) is 18.8 Å². The third-order valence-electron chi connectivity index (χ3n) is 3.18. The molecule has 0 aromatic heterocycles. The van der Waals surface area contributed by atoms with Gasteiger partial charge in [-0.1, -0.05) is 23.7 Å². The van der Waals surface area contributed by atoms with E-state index < -0.39 is 0 Å². The van der Waals surface area contributed by atoms with Gasteiger partial charge < -0.3 is 10.5 Å². The summed E-state index contributed by atoms with van der Waals surface area (Å²) in [6.45, 7) is 0.773. The third-order valence-corrected chi connectivity index (χ3v) is 3.60. The molecule has 2 unspecified atom stereocenters. The van der Waals surface area contributed by atoms with E-state index in [4.69, 9.17) is 22.1 Å². The highest BCUT2D eigenvalue weighted by molar-refractivity contribution is 6.31. The van der Waals surface area contributed by atoms with E-state index in [1.54, 1.807) is 6.07 Å². The summed E-state index contributed by atoms with van der Waals surface area (Å²) in [5.74, 6) is -0.388. The minimum absolute atomic E-state index is 0.0723. The van der Waals surface area contributed by atoms with Gasteiger partial charge in [0.05, 0.1) is 11.1 Å². The van der Waals surface area contributed by atoms with Crippen LogP contribution in [0.5, 0.6) is 0 Å². The molecular weight excluding hydrogens is 241 g/mol. The molecule has 2 atom stereocenters. The molecule has 1 heterocycles. The lowest BCUT2D eigenvalue weighted by Gasteiger charge is -2.28. The van der Waals surface area contributed by atoms with Crippen LogP contribution in [0, 0.1) is 5.82 Å². The van der Waals surface area contributed by atoms with Crippen LogP contribution in [-0.2, 0) is 11.2 Å². The molecule has 1 aliphatic heterocycles. The van der Waals surface area contributed by atoms with Crippen molar-refractivity contribution in [2.24, 2.45) is 5.73 Å². The van der Waals surface area contributed by atoms with Crippen molar-refractivity contribution in [2.45, 2.75) is 37.8 Å². The zero-order valence-electron chi connectivity index (χ0n) is 9.66. The molecule has 1 aliphatic rings. The topological polar surface area (TPSA) is 35.2 Å². The Morgan fingerprint density at radius 2 is 2.29 bits per heavy atom. The molecule has 0 spiro atoms. The lowest BCUT2D eigenvalue weighted by molar-refractivity contribution is 0.000629. The van der Waals surface area contributed by atoms with Crippen LogP contribution in [0.2, 0.25) is 5.02 Å². The highest BCUT2D eigenvalue weighted by Crippen LogP contribution is 2.23. The number of ether oxygens (including phenoxy) is 1. The molecule has 1 saturated heterocycles. The second-order valence-corrected chi connectivity index (χ2v) is 4.86. The zero-order valence-corrected chi connectivity index (χ0v) is 10.4. The molecule has 1 aromatic rings. The molecule has 0 saturated carbocycles. The molecule has 4 heteroatoms. The minimum atomic E-state index is -0.388. The number of hydrogen-bond acceptors (Lipinski definition) is 2. The summed E-state index contributed by atoms with van der Waals surface area (Å²) in [5.41, 5.74) is 6.85. The van der Waals surface area contributed by atoms with Gasteiger partial charge in [-0.2, -0.15) is 0 Å². The summed E-state index contributed by atoms with van der Waals surface area (Å²) in [5, 5.41) is 0.179. The SMILES string of the molecule is NC(Cc1cccc(F)c1Cl)C1CCCCO1. The molecule has 0 aliphatic carbocycles. The summed E-state index contributed by atoms with van der Waals surface area (Å²) < 4.78 is 18.9. The quantitative estimate of drug-likeness (QED) is 0.904. The van der Waals surface area contributed by atoms with E-state index in [2.05, 4.69) is 0 Å². The molecule has 94 valence electrons. The van der Waals surface area contributed by atoms with Gasteiger partial charge >= 0.3 is 0 Å². The van der Waals surface area contributed by atoms with Crippen LogP contribution < -0.4 is 5.73 Å². The van der Waals surface area contributed by atoms with Crippen LogP contribution in [0.15, 0.2) is 18.2 Å². The molecule has 1 aromatic carbocycles. The molecule has 17 heavy (non-hydrogen) atoms. The summed E-state index contributed by atoms with van der Waals surface area (Å²) in [4.78, 5) is 0. The van der Waals surface area contributed by atoms with Crippen molar-refractivity contribution in [1.29, 1.82) is 0 Å². The first-order chi connectivity index (χ1) is 8.18. The van der Waals surface area contributed by atoms with E-state index >= 15 is 0 Å². The lowest BCUT2D eigenvalue weighted by atomic mass is 9.97. The smallest absolute Gasteiger partial charge is 0.142 e. The Balaban J connectivity index is 2.01. The number of hydrogen-bond donors (Lipinski definition) is 1. The van der Waals surface area contributed by atoms with Crippen LogP contribution in [0.25, 0.3) is 0 Å². The molecule has 0 amide bonds. The van der Waals surface area contributed by atoms with Crippen molar-refractivity contribution >= 4 is 11.6 Å². The summed E-state index contributed by atoms with van der Waals surface area (Å²) in [7, 11) is 0. The minimum Gasteiger partial charge on any atom is -0.377 e. The average Bonchev–Trinajstić information content (AvgIpc) is 2.36. The van der Waals surface area contributed by atoms with Gasteiger partial charge in [-0.25, -0.2) is 4.39 Å². The Bertz CT molecular complexity index is 380. The molecule has 2 nitrogen and oxygen atoms in total. The highest BCUT2D eigenvalue weighted by Gasteiger charge is 2.22. The fraction of sp³-hybridized carbons (Fsp3) is 0.538. The molecule has 1 fully saturated rings. The van der Waals surface area contributed by atoms with Gasteiger partial charge in [-0.3, -0.25) is 0 Å². The van der Waals surface area contributed by atoms with E-state index in [1.165, 1.54) is 6.07 Å². The van der Waals surface area contributed by atoms with E-state index in [9.17, 15) is 4.39 Å². The van der Waals surface area contributed by atoms with Gasteiger partial charge in [-0.05, 0) is 37.3 Å². The predicted octanol–water partition coefficient (Wildman–Crippen LogP) is 2.92. The Morgan fingerprint density at radius 3 is 3.00 bits per heavy atom. The van der Waals surface area contributed by atoms with Gasteiger partial charge in [0.15, 0.2) is 0 Å². The summed E-state index contributed by atoms with van der Waals surface area (Å²) in [6.07, 6.45) is 3.86. The fourth-order valence-electron chi connectivity index (χ4n) is 2.19. The van der Waals surface area contributed by atoms with E-state index in [0.29, 0.717) is 6.42 Å². The first kappa shape index (κ1) is 12.8. The van der Waals surface area contributed by atoms with Crippen molar-refractivity contribution in [2.75, 3.05) is 6.61 Å². The first-order valence-corrected chi connectivity index (χ1v) is 6.36. The standard InChI is InChI=1S/C13H17ClFNO/c14-13-9(4-3-5-10(13)15)8-11(16)12-6-1-2-7-17-12/h3-5,11-12H,1-2,6-8,16H2. The number of rotatable bonds is 3. The zero-order chi connectivity index (χ0) is 12.3. The van der Waals surface area contributed by atoms with Crippen molar-refractivity contribution in [1.82, 2.24) is 0 Å². The second kappa shape index (κ2) is 5.80. The molecular formula is C13H17ClFNO. The Morgan fingerprint density at radius 1 is 1.47 bits per heavy atom. The number of halogens is 2. The normalized spacial score (nSPS) is 22.4. The first-order valence-electron chi connectivity index (χ1n) is 5.98. The van der Waals surface area contributed by atoms with Crippen LogP contribution in [0.1, 0.15) is 24.8 Å². The van der Waals surface area contributed by atoms with Crippen molar-refractivity contribution in [3.63, 3.8) is 0 Å².